The van der Waals surface area contributed by atoms with Crippen molar-refractivity contribution in [3.05, 3.63) is 29.3 Å². The van der Waals surface area contributed by atoms with E-state index in [0.29, 0.717) is 17.9 Å². The van der Waals surface area contributed by atoms with Crippen molar-refractivity contribution in [2.45, 2.75) is 19.6 Å². The minimum Gasteiger partial charge on any atom is -0.496 e. The minimum absolute atomic E-state index is 0.231. The molecule has 0 aliphatic rings. The third kappa shape index (κ3) is 3.45. The average Bonchev–Trinajstić information content (AvgIpc) is 2.39. The summed E-state index contributed by atoms with van der Waals surface area (Å²) in [5, 5.41) is 9.80. The van der Waals surface area contributed by atoms with Gasteiger partial charge >= 0.3 is 5.97 Å². The Labute approximate surface area is 106 Å². The smallest absolute Gasteiger partial charge is 0.339 e. The van der Waals surface area contributed by atoms with Gasteiger partial charge in [0.1, 0.15) is 5.75 Å². The zero-order valence-corrected chi connectivity index (χ0v) is 10.8. The zero-order chi connectivity index (χ0) is 13.5. The van der Waals surface area contributed by atoms with Gasteiger partial charge in [-0.1, -0.05) is 12.1 Å². The Morgan fingerprint density at radius 3 is 2.67 bits per heavy atom. The molecule has 5 heteroatoms. The molecule has 1 aromatic carbocycles. The van der Waals surface area contributed by atoms with Crippen LogP contribution in [0.3, 0.4) is 0 Å². The normalized spacial score (nSPS) is 12.0. The SMILES string of the molecule is CCOC(=O)C(O)c1ccc(COC)c(OC)c1. The fourth-order valence-electron chi connectivity index (χ4n) is 1.56. The molecule has 0 fully saturated rings. The van der Waals surface area contributed by atoms with Crippen LogP contribution in [0.4, 0.5) is 0 Å². The van der Waals surface area contributed by atoms with Crippen LogP contribution in [0.25, 0.3) is 0 Å². The van der Waals surface area contributed by atoms with Crippen LogP contribution in [0.1, 0.15) is 24.2 Å². The number of carbonyl (C=O) groups excluding carboxylic acids is 1. The van der Waals surface area contributed by atoms with Gasteiger partial charge in [-0.2, -0.15) is 0 Å². The molecule has 0 heterocycles. The van der Waals surface area contributed by atoms with E-state index in [1.807, 2.05) is 0 Å². The van der Waals surface area contributed by atoms with E-state index in [-0.39, 0.29) is 6.61 Å². The molecule has 0 bridgehead atoms. The molecule has 0 radical (unpaired) electrons. The highest BCUT2D eigenvalue weighted by Gasteiger charge is 2.19. The van der Waals surface area contributed by atoms with Crippen molar-refractivity contribution in [3.63, 3.8) is 0 Å². The lowest BCUT2D eigenvalue weighted by atomic mass is 10.1. The van der Waals surface area contributed by atoms with Crippen molar-refractivity contribution in [2.75, 3.05) is 20.8 Å². The van der Waals surface area contributed by atoms with E-state index in [1.54, 1.807) is 32.2 Å². The van der Waals surface area contributed by atoms with E-state index < -0.39 is 12.1 Å². The molecule has 0 aliphatic carbocycles. The average molecular weight is 254 g/mol. The number of aliphatic hydroxyl groups is 1. The number of carbonyl (C=O) groups is 1. The third-order valence-corrected chi connectivity index (χ3v) is 2.44. The van der Waals surface area contributed by atoms with Gasteiger partial charge in [-0.3, -0.25) is 0 Å². The Kier molecular flexibility index (Phi) is 5.61. The standard InChI is InChI=1S/C13H18O5/c1-4-18-13(15)12(14)9-5-6-10(8-16-2)11(7-9)17-3/h5-7,12,14H,4,8H2,1-3H3. The molecule has 1 rings (SSSR count). The Balaban J connectivity index is 2.93. The fraction of sp³-hybridized carbons (Fsp3) is 0.462. The lowest BCUT2D eigenvalue weighted by Gasteiger charge is -2.13. The molecule has 0 spiro atoms. The number of hydrogen-bond acceptors (Lipinski definition) is 5. The number of aliphatic hydroxyl groups excluding tert-OH is 1. The number of benzene rings is 1. The van der Waals surface area contributed by atoms with Crippen LogP contribution in [0.2, 0.25) is 0 Å². The van der Waals surface area contributed by atoms with E-state index in [4.69, 9.17) is 14.2 Å². The lowest BCUT2D eigenvalue weighted by molar-refractivity contribution is -0.153. The number of rotatable bonds is 6. The van der Waals surface area contributed by atoms with E-state index in [2.05, 4.69) is 0 Å². The van der Waals surface area contributed by atoms with Crippen LogP contribution < -0.4 is 4.74 Å². The number of methoxy groups -OCH3 is 2. The van der Waals surface area contributed by atoms with Gasteiger partial charge < -0.3 is 19.3 Å². The van der Waals surface area contributed by atoms with Gasteiger partial charge in [0.25, 0.3) is 0 Å². The predicted octanol–water partition coefficient (Wildman–Crippen LogP) is 1.44. The largest absolute Gasteiger partial charge is 0.496 e. The fourth-order valence-corrected chi connectivity index (χ4v) is 1.56. The highest BCUT2D eigenvalue weighted by Crippen LogP contribution is 2.25. The maximum Gasteiger partial charge on any atom is 0.339 e. The summed E-state index contributed by atoms with van der Waals surface area (Å²) in [7, 11) is 3.11. The Morgan fingerprint density at radius 2 is 2.11 bits per heavy atom. The molecule has 0 saturated heterocycles. The van der Waals surface area contributed by atoms with Crippen molar-refractivity contribution in [1.29, 1.82) is 0 Å². The van der Waals surface area contributed by atoms with E-state index in [0.717, 1.165) is 5.56 Å². The molecule has 18 heavy (non-hydrogen) atoms. The summed E-state index contributed by atoms with van der Waals surface area (Å²) in [6.07, 6.45) is -1.30. The molecule has 0 aliphatic heterocycles. The number of hydrogen-bond donors (Lipinski definition) is 1. The summed E-state index contributed by atoms with van der Waals surface area (Å²) in [5.74, 6) is -0.100. The topological polar surface area (TPSA) is 65.0 Å². The quantitative estimate of drug-likeness (QED) is 0.778. The molecular weight excluding hydrogens is 236 g/mol. The monoisotopic (exact) mass is 254 g/mol. The molecule has 0 amide bonds. The first-order chi connectivity index (χ1) is 8.63. The minimum atomic E-state index is -1.30. The van der Waals surface area contributed by atoms with Crippen LogP contribution in [0.15, 0.2) is 18.2 Å². The summed E-state index contributed by atoms with van der Waals surface area (Å²) in [5.41, 5.74) is 1.28. The van der Waals surface area contributed by atoms with Crippen LogP contribution in [0.5, 0.6) is 5.75 Å². The summed E-state index contributed by atoms with van der Waals surface area (Å²) in [6, 6.07) is 5.01. The second kappa shape index (κ2) is 6.98. The first-order valence-electron chi connectivity index (χ1n) is 5.64. The summed E-state index contributed by atoms with van der Waals surface area (Å²) in [6.45, 7) is 2.32. The van der Waals surface area contributed by atoms with Gasteiger partial charge in [0.05, 0.1) is 20.3 Å². The molecule has 1 N–H and O–H groups in total. The molecule has 1 aromatic rings. The highest BCUT2D eigenvalue weighted by atomic mass is 16.5. The van der Waals surface area contributed by atoms with Crippen molar-refractivity contribution in [3.8, 4) is 5.75 Å². The van der Waals surface area contributed by atoms with Gasteiger partial charge in [-0.15, -0.1) is 0 Å². The molecule has 100 valence electrons. The molecule has 0 aromatic heterocycles. The Bertz CT molecular complexity index is 402. The molecule has 5 nitrogen and oxygen atoms in total. The molecular formula is C13H18O5. The second-order valence-corrected chi connectivity index (χ2v) is 3.66. The van der Waals surface area contributed by atoms with Crippen molar-refractivity contribution >= 4 is 5.97 Å². The van der Waals surface area contributed by atoms with Crippen molar-refractivity contribution in [1.82, 2.24) is 0 Å². The zero-order valence-electron chi connectivity index (χ0n) is 10.8. The van der Waals surface area contributed by atoms with Gasteiger partial charge in [0.2, 0.25) is 0 Å². The highest BCUT2D eigenvalue weighted by molar-refractivity contribution is 5.76. The van der Waals surface area contributed by atoms with Crippen molar-refractivity contribution < 1.29 is 24.1 Å². The second-order valence-electron chi connectivity index (χ2n) is 3.66. The summed E-state index contributed by atoms with van der Waals surface area (Å²) in [4.78, 5) is 11.4. The number of ether oxygens (including phenoxy) is 3. The van der Waals surface area contributed by atoms with Gasteiger partial charge in [-0.05, 0) is 18.6 Å². The molecule has 0 saturated carbocycles. The number of esters is 1. The Hall–Kier alpha value is -1.59. The van der Waals surface area contributed by atoms with E-state index in [1.165, 1.54) is 7.11 Å². The van der Waals surface area contributed by atoms with Crippen LogP contribution in [0, 0.1) is 0 Å². The lowest BCUT2D eigenvalue weighted by Crippen LogP contribution is -2.15. The molecule has 1 atom stereocenters. The van der Waals surface area contributed by atoms with Crippen LogP contribution >= 0.6 is 0 Å². The van der Waals surface area contributed by atoms with Gasteiger partial charge in [0, 0.05) is 12.7 Å². The van der Waals surface area contributed by atoms with E-state index >= 15 is 0 Å². The maximum atomic E-state index is 11.4. The summed E-state index contributed by atoms with van der Waals surface area (Å²) >= 11 is 0. The van der Waals surface area contributed by atoms with Crippen LogP contribution in [-0.2, 0) is 20.9 Å². The summed E-state index contributed by atoms with van der Waals surface area (Å²) < 4.78 is 15.0. The van der Waals surface area contributed by atoms with Gasteiger partial charge in [-0.25, -0.2) is 4.79 Å². The first kappa shape index (κ1) is 14.5. The maximum absolute atomic E-state index is 11.4. The van der Waals surface area contributed by atoms with Crippen molar-refractivity contribution in [2.24, 2.45) is 0 Å². The van der Waals surface area contributed by atoms with Crippen LogP contribution in [-0.4, -0.2) is 31.9 Å². The van der Waals surface area contributed by atoms with E-state index in [9.17, 15) is 9.90 Å². The molecule has 1 unspecified atom stereocenters. The van der Waals surface area contributed by atoms with Gasteiger partial charge in [0.15, 0.2) is 6.10 Å². The first-order valence-corrected chi connectivity index (χ1v) is 5.64. The Morgan fingerprint density at radius 1 is 1.39 bits per heavy atom. The predicted molar refractivity (Wildman–Crippen MR) is 65.3 cm³/mol. The third-order valence-electron chi connectivity index (χ3n) is 2.44.